The van der Waals surface area contributed by atoms with Crippen LogP contribution in [0.2, 0.25) is 0 Å². The Morgan fingerprint density at radius 1 is 1.30 bits per heavy atom. The van der Waals surface area contributed by atoms with Crippen molar-refractivity contribution in [3.63, 3.8) is 0 Å². The van der Waals surface area contributed by atoms with Crippen molar-refractivity contribution >= 4 is 10.0 Å². The first-order chi connectivity index (χ1) is 9.18. The van der Waals surface area contributed by atoms with Crippen LogP contribution in [0.15, 0.2) is 29.2 Å². The van der Waals surface area contributed by atoms with Gasteiger partial charge >= 0.3 is 6.36 Å². The van der Waals surface area contributed by atoms with Gasteiger partial charge in [-0.05, 0) is 25.1 Å². The number of para-hydroxylation sites is 1. The summed E-state index contributed by atoms with van der Waals surface area (Å²) in [7, 11) is -2.79. The molecule has 0 aliphatic rings. The number of rotatable bonds is 6. The molecule has 0 aromatic heterocycles. The lowest BCUT2D eigenvalue weighted by Gasteiger charge is -2.19. The quantitative estimate of drug-likeness (QED) is 0.865. The van der Waals surface area contributed by atoms with Crippen molar-refractivity contribution in [2.45, 2.75) is 17.7 Å². The van der Waals surface area contributed by atoms with E-state index in [1.165, 1.54) is 19.2 Å². The molecule has 9 heteroatoms. The van der Waals surface area contributed by atoms with Gasteiger partial charge in [0.05, 0.1) is 0 Å². The van der Waals surface area contributed by atoms with Gasteiger partial charge in [0.2, 0.25) is 10.0 Å². The van der Waals surface area contributed by atoms with E-state index < -0.39 is 27.0 Å². The Bertz CT molecular complexity index is 546. The van der Waals surface area contributed by atoms with Gasteiger partial charge in [-0.1, -0.05) is 12.1 Å². The Morgan fingerprint density at radius 3 is 2.45 bits per heavy atom. The zero-order valence-electron chi connectivity index (χ0n) is 10.7. The second kappa shape index (κ2) is 6.42. The summed E-state index contributed by atoms with van der Waals surface area (Å²) in [6.45, 7) is 0.389. The van der Waals surface area contributed by atoms with E-state index in [-0.39, 0.29) is 13.1 Å². The highest BCUT2D eigenvalue weighted by molar-refractivity contribution is 7.89. The van der Waals surface area contributed by atoms with E-state index in [1.807, 2.05) is 0 Å². The minimum Gasteiger partial charge on any atom is -0.404 e. The fraction of sp³-hybridized carbons (Fsp3) is 0.455. The SMILES string of the molecule is CN(CCCN)S(=O)(=O)c1ccccc1OC(F)(F)F. The molecule has 20 heavy (non-hydrogen) atoms. The molecule has 0 fully saturated rings. The molecule has 0 aliphatic heterocycles. The summed E-state index contributed by atoms with van der Waals surface area (Å²) in [6, 6.07) is 4.61. The number of ether oxygens (including phenoxy) is 1. The van der Waals surface area contributed by atoms with Crippen LogP contribution >= 0.6 is 0 Å². The topological polar surface area (TPSA) is 72.6 Å². The molecule has 1 aromatic carbocycles. The summed E-state index contributed by atoms with van der Waals surface area (Å²) < 4.78 is 65.8. The summed E-state index contributed by atoms with van der Waals surface area (Å²) >= 11 is 0. The number of nitrogens with two attached hydrogens (primary N) is 1. The van der Waals surface area contributed by atoms with Crippen molar-refractivity contribution < 1.29 is 26.3 Å². The average Bonchev–Trinajstić information content (AvgIpc) is 2.34. The first-order valence-electron chi connectivity index (χ1n) is 5.69. The number of hydrogen-bond acceptors (Lipinski definition) is 4. The molecule has 1 aromatic rings. The van der Waals surface area contributed by atoms with Crippen LogP contribution in [0.4, 0.5) is 13.2 Å². The standard InChI is InChI=1S/C11H15F3N2O3S/c1-16(8-4-7-15)20(17,18)10-6-3-2-5-9(10)19-11(12,13)14/h2-3,5-6H,4,7-8,15H2,1H3. The molecule has 0 unspecified atom stereocenters. The molecule has 0 spiro atoms. The molecule has 0 bridgehead atoms. The summed E-state index contributed by atoms with van der Waals surface area (Å²) in [5.74, 6) is -0.750. The fourth-order valence-electron chi connectivity index (χ4n) is 1.47. The van der Waals surface area contributed by atoms with Gasteiger partial charge in [-0.2, -0.15) is 0 Å². The maximum absolute atomic E-state index is 12.3. The Morgan fingerprint density at radius 2 is 1.90 bits per heavy atom. The highest BCUT2D eigenvalue weighted by Gasteiger charge is 2.34. The first-order valence-corrected chi connectivity index (χ1v) is 7.13. The van der Waals surface area contributed by atoms with Crippen LogP contribution in [0, 0.1) is 0 Å². The van der Waals surface area contributed by atoms with Crippen LogP contribution in [-0.4, -0.2) is 39.2 Å². The molecule has 114 valence electrons. The molecule has 1 rings (SSSR count). The third-order valence-corrected chi connectivity index (χ3v) is 4.34. The number of sulfonamides is 1. The van der Waals surface area contributed by atoms with Crippen LogP contribution in [0.1, 0.15) is 6.42 Å². The first kappa shape index (κ1) is 16.7. The second-order valence-electron chi connectivity index (χ2n) is 3.96. The molecule has 0 amide bonds. The molecule has 0 heterocycles. The van der Waals surface area contributed by atoms with Gasteiger partial charge in [-0.3, -0.25) is 0 Å². The predicted molar refractivity (Wildman–Crippen MR) is 66.6 cm³/mol. The van der Waals surface area contributed by atoms with Crippen molar-refractivity contribution in [3.05, 3.63) is 24.3 Å². The molecular weight excluding hydrogens is 297 g/mol. The van der Waals surface area contributed by atoms with Crippen molar-refractivity contribution in [1.82, 2.24) is 4.31 Å². The van der Waals surface area contributed by atoms with Gasteiger partial charge < -0.3 is 10.5 Å². The normalized spacial score (nSPS) is 12.7. The average molecular weight is 312 g/mol. The van der Waals surface area contributed by atoms with Crippen LogP contribution < -0.4 is 10.5 Å². The van der Waals surface area contributed by atoms with E-state index in [0.29, 0.717) is 6.42 Å². The van der Waals surface area contributed by atoms with Gasteiger partial charge in [-0.25, -0.2) is 12.7 Å². The highest BCUT2D eigenvalue weighted by atomic mass is 32.2. The summed E-state index contributed by atoms with van der Waals surface area (Å²) in [5, 5.41) is 0. The van der Waals surface area contributed by atoms with Gasteiger partial charge in [0.15, 0.2) is 0 Å². The van der Waals surface area contributed by atoms with Crippen molar-refractivity contribution in [3.8, 4) is 5.75 Å². The molecule has 2 N–H and O–H groups in total. The van der Waals surface area contributed by atoms with E-state index >= 15 is 0 Å². The van der Waals surface area contributed by atoms with Gasteiger partial charge in [0.25, 0.3) is 0 Å². The maximum Gasteiger partial charge on any atom is 0.573 e. The lowest BCUT2D eigenvalue weighted by Crippen LogP contribution is -2.30. The predicted octanol–water partition coefficient (Wildman–Crippen LogP) is 1.55. The Labute approximate surface area is 115 Å². The monoisotopic (exact) mass is 312 g/mol. The largest absolute Gasteiger partial charge is 0.573 e. The molecule has 0 saturated carbocycles. The van der Waals surface area contributed by atoms with E-state index in [0.717, 1.165) is 16.4 Å². The lowest BCUT2D eigenvalue weighted by atomic mass is 10.3. The summed E-state index contributed by atoms with van der Waals surface area (Å²) in [5.41, 5.74) is 5.28. The molecule has 0 saturated heterocycles. The number of hydrogen-bond donors (Lipinski definition) is 1. The third-order valence-electron chi connectivity index (χ3n) is 2.44. The summed E-state index contributed by atoms with van der Waals surface area (Å²) in [6.07, 6.45) is -4.56. The fourth-order valence-corrected chi connectivity index (χ4v) is 2.79. The number of nitrogens with zero attached hydrogens (tertiary/aromatic N) is 1. The smallest absolute Gasteiger partial charge is 0.404 e. The van der Waals surface area contributed by atoms with Gasteiger partial charge in [0, 0.05) is 13.6 Å². The van der Waals surface area contributed by atoms with Crippen LogP contribution in [0.3, 0.4) is 0 Å². The molecule has 0 aliphatic carbocycles. The minimum atomic E-state index is -4.96. The second-order valence-corrected chi connectivity index (χ2v) is 5.98. The van der Waals surface area contributed by atoms with Gasteiger partial charge in [-0.15, -0.1) is 13.2 Å². The zero-order valence-corrected chi connectivity index (χ0v) is 11.5. The van der Waals surface area contributed by atoms with Crippen molar-refractivity contribution in [2.75, 3.05) is 20.1 Å². The number of halogens is 3. The Hall–Kier alpha value is -1.32. The lowest BCUT2D eigenvalue weighted by molar-refractivity contribution is -0.275. The minimum absolute atomic E-state index is 0.110. The summed E-state index contributed by atoms with van der Waals surface area (Å²) in [4.78, 5) is -0.531. The highest BCUT2D eigenvalue weighted by Crippen LogP contribution is 2.30. The van der Waals surface area contributed by atoms with Crippen LogP contribution in [-0.2, 0) is 10.0 Å². The molecule has 0 radical (unpaired) electrons. The molecule has 0 atom stereocenters. The van der Waals surface area contributed by atoms with Crippen LogP contribution in [0.25, 0.3) is 0 Å². The third kappa shape index (κ3) is 4.36. The Balaban J connectivity index is 3.12. The van der Waals surface area contributed by atoms with Crippen molar-refractivity contribution in [2.24, 2.45) is 5.73 Å². The van der Waals surface area contributed by atoms with Gasteiger partial charge in [0.1, 0.15) is 10.6 Å². The molecular formula is C11H15F3N2O3S. The number of benzene rings is 1. The van der Waals surface area contributed by atoms with Crippen molar-refractivity contribution in [1.29, 1.82) is 0 Å². The van der Waals surface area contributed by atoms with E-state index in [2.05, 4.69) is 4.74 Å². The van der Waals surface area contributed by atoms with E-state index in [1.54, 1.807) is 0 Å². The zero-order chi connectivity index (χ0) is 15.4. The maximum atomic E-state index is 12.3. The van der Waals surface area contributed by atoms with E-state index in [9.17, 15) is 21.6 Å². The molecule has 5 nitrogen and oxygen atoms in total. The number of alkyl halides is 3. The Kier molecular flexibility index (Phi) is 5.37. The van der Waals surface area contributed by atoms with Crippen LogP contribution in [0.5, 0.6) is 5.75 Å². The van der Waals surface area contributed by atoms with E-state index in [4.69, 9.17) is 5.73 Å².